The molecule has 0 fully saturated rings. The van der Waals surface area contributed by atoms with Gasteiger partial charge in [-0.3, -0.25) is 25.8 Å². The molecular formula is C12H13N7O3. The van der Waals surface area contributed by atoms with E-state index in [1.807, 2.05) is 0 Å². The minimum Gasteiger partial charge on any atom is -0.303 e. The molecule has 0 saturated carbocycles. The molecule has 10 nitrogen and oxygen atoms in total. The van der Waals surface area contributed by atoms with Crippen molar-refractivity contribution in [1.82, 2.24) is 15.4 Å². The van der Waals surface area contributed by atoms with E-state index in [4.69, 9.17) is 5.84 Å². The van der Waals surface area contributed by atoms with E-state index in [0.717, 1.165) is 11.9 Å². The molecule has 1 amide bonds. The molecular weight excluding hydrogens is 290 g/mol. The molecule has 0 aliphatic carbocycles. The maximum absolute atomic E-state index is 12.0. The second-order valence-corrected chi connectivity index (χ2v) is 4.21. The van der Waals surface area contributed by atoms with Crippen molar-refractivity contribution < 1.29 is 9.72 Å². The summed E-state index contributed by atoms with van der Waals surface area (Å²) in [4.78, 5) is 29.7. The first-order valence-corrected chi connectivity index (χ1v) is 6.12. The number of hydrazine groups is 2. The summed E-state index contributed by atoms with van der Waals surface area (Å²) in [5.74, 6) is 4.35. The first-order chi connectivity index (χ1) is 10.5. The van der Waals surface area contributed by atoms with E-state index < -0.39 is 16.5 Å². The van der Waals surface area contributed by atoms with E-state index in [1.54, 1.807) is 31.2 Å². The van der Waals surface area contributed by atoms with Gasteiger partial charge in [0.15, 0.2) is 0 Å². The summed E-state index contributed by atoms with van der Waals surface area (Å²) < 4.78 is 0. The van der Waals surface area contributed by atoms with Gasteiger partial charge in [-0.1, -0.05) is 18.2 Å². The first-order valence-electron chi connectivity index (χ1n) is 6.12. The Labute approximate surface area is 124 Å². The van der Waals surface area contributed by atoms with Gasteiger partial charge >= 0.3 is 5.69 Å². The Kier molecular flexibility index (Phi) is 4.44. The smallest absolute Gasteiger partial charge is 0.303 e. The third-order valence-corrected chi connectivity index (χ3v) is 2.83. The van der Waals surface area contributed by atoms with Crippen LogP contribution in [0.15, 0.2) is 30.6 Å². The van der Waals surface area contributed by atoms with Crippen LogP contribution in [-0.4, -0.2) is 20.8 Å². The van der Waals surface area contributed by atoms with Gasteiger partial charge in [-0.15, -0.1) is 0 Å². The highest BCUT2D eigenvalue weighted by molar-refractivity contribution is 5.96. The van der Waals surface area contributed by atoms with Crippen LogP contribution in [0.1, 0.15) is 15.9 Å². The monoisotopic (exact) mass is 303 g/mol. The van der Waals surface area contributed by atoms with Crippen molar-refractivity contribution in [3.63, 3.8) is 0 Å². The fraction of sp³-hybridized carbons (Fsp3) is 0.0833. The van der Waals surface area contributed by atoms with E-state index in [1.165, 1.54) is 0 Å². The zero-order chi connectivity index (χ0) is 16.1. The van der Waals surface area contributed by atoms with Crippen molar-refractivity contribution in [2.45, 2.75) is 6.92 Å². The van der Waals surface area contributed by atoms with Gasteiger partial charge in [-0.25, -0.2) is 15.8 Å². The lowest BCUT2D eigenvalue weighted by Crippen LogP contribution is -2.31. The zero-order valence-electron chi connectivity index (χ0n) is 11.5. The predicted molar refractivity (Wildman–Crippen MR) is 78.8 cm³/mol. The lowest BCUT2D eigenvalue weighted by molar-refractivity contribution is -0.383. The average molecular weight is 303 g/mol. The molecule has 0 spiro atoms. The third-order valence-electron chi connectivity index (χ3n) is 2.83. The Hall–Kier alpha value is -3.27. The summed E-state index contributed by atoms with van der Waals surface area (Å²) in [6.07, 6.45) is 1.07. The molecule has 5 N–H and O–H groups in total. The van der Waals surface area contributed by atoms with Crippen molar-refractivity contribution in [1.29, 1.82) is 0 Å². The second kappa shape index (κ2) is 6.45. The van der Waals surface area contributed by atoms with E-state index in [0.29, 0.717) is 5.56 Å². The van der Waals surface area contributed by atoms with Gasteiger partial charge in [0, 0.05) is 5.56 Å². The molecule has 1 aromatic heterocycles. The number of nitrogens with zero attached hydrogens (tertiary/aromatic N) is 3. The summed E-state index contributed by atoms with van der Waals surface area (Å²) in [5.41, 5.74) is 7.58. The summed E-state index contributed by atoms with van der Waals surface area (Å²) >= 11 is 0. The van der Waals surface area contributed by atoms with E-state index in [9.17, 15) is 14.9 Å². The van der Waals surface area contributed by atoms with Crippen LogP contribution >= 0.6 is 0 Å². The van der Waals surface area contributed by atoms with Gasteiger partial charge < -0.3 is 5.43 Å². The number of aryl methyl sites for hydroxylation is 1. The minimum atomic E-state index is -0.711. The Morgan fingerprint density at radius 1 is 1.27 bits per heavy atom. The quantitative estimate of drug-likeness (QED) is 0.359. The highest BCUT2D eigenvalue weighted by Crippen LogP contribution is 2.27. The average Bonchev–Trinajstić information content (AvgIpc) is 2.52. The van der Waals surface area contributed by atoms with Gasteiger partial charge in [0.2, 0.25) is 11.6 Å². The van der Waals surface area contributed by atoms with Crippen molar-refractivity contribution >= 4 is 23.2 Å². The number of benzene rings is 1. The van der Waals surface area contributed by atoms with Gasteiger partial charge in [0.1, 0.15) is 6.33 Å². The van der Waals surface area contributed by atoms with Crippen LogP contribution in [0.5, 0.6) is 0 Å². The number of aromatic nitrogens is 2. The minimum absolute atomic E-state index is 0.173. The van der Waals surface area contributed by atoms with Crippen molar-refractivity contribution in [3.8, 4) is 0 Å². The lowest BCUT2D eigenvalue weighted by atomic mass is 10.1. The molecule has 2 aromatic rings. The fourth-order valence-electron chi connectivity index (χ4n) is 1.76. The number of amides is 1. The second-order valence-electron chi connectivity index (χ2n) is 4.21. The first kappa shape index (κ1) is 15.1. The van der Waals surface area contributed by atoms with Crippen LogP contribution in [0.25, 0.3) is 0 Å². The largest absolute Gasteiger partial charge is 0.356 e. The molecule has 10 heteroatoms. The Morgan fingerprint density at radius 2 is 1.95 bits per heavy atom. The number of nitro groups is 1. The molecule has 22 heavy (non-hydrogen) atoms. The highest BCUT2D eigenvalue weighted by Gasteiger charge is 2.23. The molecule has 0 aliphatic heterocycles. The highest BCUT2D eigenvalue weighted by atomic mass is 16.6. The maximum atomic E-state index is 12.0. The van der Waals surface area contributed by atoms with E-state index >= 15 is 0 Å². The topological polar surface area (TPSA) is 148 Å². The Morgan fingerprint density at radius 3 is 2.59 bits per heavy atom. The van der Waals surface area contributed by atoms with Crippen LogP contribution in [0.2, 0.25) is 0 Å². The van der Waals surface area contributed by atoms with Gasteiger partial charge in [0.25, 0.3) is 5.91 Å². The molecule has 0 unspecified atom stereocenters. The standard InChI is InChI=1S/C12H13N7O3/c1-7-4-2-3-5-8(7)12(20)18-17-11-9(19(21)22)10(16-13)14-6-15-11/h2-6H,13H2,1H3,(H,18,20)(H2,14,15,16,17). The molecule has 0 aliphatic rings. The van der Waals surface area contributed by atoms with E-state index in [2.05, 4.69) is 26.2 Å². The number of carbonyl (C=O) groups is 1. The Balaban J connectivity index is 2.20. The zero-order valence-corrected chi connectivity index (χ0v) is 11.5. The van der Waals surface area contributed by atoms with Gasteiger partial charge in [-0.2, -0.15) is 0 Å². The molecule has 1 aromatic carbocycles. The van der Waals surface area contributed by atoms with Crippen LogP contribution in [0.3, 0.4) is 0 Å². The molecule has 0 atom stereocenters. The lowest BCUT2D eigenvalue weighted by Gasteiger charge is -2.10. The van der Waals surface area contributed by atoms with Crippen molar-refractivity contribution in [2.24, 2.45) is 5.84 Å². The molecule has 2 rings (SSSR count). The van der Waals surface area contributed by atoms with Gasteiger partial charge in [0.05, 0.1) is 4.92 Å². The fourth-order valence-corrected chi connectivity index (χ4v) is 1.76. The number of anilines is 2. The number of hydrogen-bond acceptors (Lipinski definition) is 8. The summed E-state index contributed by atoms with van der Waals surface area (Å²) in [7, 11) is 0. The summed E-state index contributed by atoms with van der Waals surface area (Å²) in [6.45, 7) is 1.78. The van der Waals surface area contributed by atoms with Gasteiger partial charge in [-0.05, 0) is 18.6 Å². The van der Waals surface area contributed by atoms with Crippen LogP contribution in [0.4, 0.5) is 17.3 Å². The molecule has 0 saturated heterocycles. The van der Waals surface area contributed by atoms with Crippen molar-refractivity contribution in [2.75, 3.05) is 10.9 Å². The Bertz CT molecular complexity index is 720. The molecule has 0 radical (unpaired) electrons. The number of nitrogen functional groups attached to an aromatic ring is 1. The third kappa shape index (κ3) is 3.07. The molecule has 0 bridgehead atoms. The number of nitrogens with one attached hydrogen (secondary N) is 3. The summed E-state index contributed by atoms with van der Waals surface area (Å²) in [5, 5.41) is 11.0. The van der Waals surface area contributed by atoms with E-state index in [-0.39, 0.29) is 11.6 Å². The number of rotatable bonds is 5. The SMILES string of the molecule is Cc1ccccc1C(=O)NNc1ncnc(NN)c1[N+](=O)[O-]. The number of hydrogen-bond donors (Lipinski definition) is 4. The van der Waals surface area contributed by atoms with Crippen LogP contribution in [-0.2, 0) is 0 Å². The summed E-state index contributed by atoms with van der Waals surface area (Å²) in [6, 6.07) is 6.92. The predicted octanol–water partition coefficient (Wildman–Crippen LogP) is 0.736. The maximum Gasteiger partial charge on any atom is 0.356 e. The molecule has 114 valence electrons. The van der Waals surface area contributed by atoms with Crippen LogP contribution in [0, 0.1) is 17.0 Å². The molecule has 1 heterocycles. The van der Waals surface area contributed by atoms with Crippen LogP contribution < -0.4 is 22.1 Å². The number of nitrogens with two attached hydrogens (primary N) is 1. The normalized spacial score (nSPS) is 9.91. The number of carbonyl (C=O) groups excluding carboxylic acids is 1. The van der Waals surface area contributed by atoms with Crippen molar-refractivity contribution in [3.05, 3.63) is 51.8 Å².